The molecule has 0 N–H and O–H groups in total. The Labute approximate surface area is 260 Å². The molecule has 0 saturated heterocycles. The third kappa shape index (κ3) is 5.31. The second-order valence-corrected chi connectivity index (χ2v) is 11.0. The first-order valence-corrected chi connectivity index (χ1v) is 16.2. The number of unbranched alkanes of at least 4 members (excludes halogenated alkanes) is 1. The molecule has 1 aromatic heterocycles. The summed E-state index contributed by atoms with van der Waals surface area (Å²) < 4.78 is 33.2. The van der Waals surface area contributed by atoms with Crippen molar-refractivity contribution in [3.63, 3.8) is 0 Å². The van der Waals surface area contributed by atoms with Gasteiger partial charge in [-0.2, -0.15) is 0 Å². The molecule has 1 aliphatic rings. The van der Waals surface area contributed by atoms with Crippen molar-refractivity contribution < 1.29 is 23.7 Å². The standard InChI is InChI=1S/C38H43NO5/c1-6-11-20-44-32-24-30-36(26-16-17-31(40-7-2)33(22-26)41-8-3)38-29-23-35(43-10-5)34(42-9-4)21-25(29)18-19-39(38)37(30)28-15-13-12-14-27(28)32/h12-17,21-24H,6-11,18-20H2,1-5H3. The largest absolute Gasteiger partial charge is 0.493 e. The zero-order valence-electron chi connectivity index (χ0n) is 26.6. The topological polar surface area (TPSA) is 51.1 Å². The third-order valence-corrected chi connectivity index (χ3v) is 8.24. The van der Waals surface area contributed by atoms with Crippen molar-refractivity contribution in [3.8, 4) is 51.1 Å². The van der Waals surface area contributed by atoms with Crippen LogP contribution in [0, 0.1) is 0 Å². The van der Waals surface area contributed by atoms with E-state index in [2.05, 4.69) is 66.1 Å². The molecule has 6 nitrogen and oxygen atoms in total. The Morgan fingerprint density at radius 2 is 1.27 bits per heavy atom. The molecule has 0 bridgehead atoms. The SMILES string of the molecule is CCCCOc1cc2c(-c3ccc(OCC)c(OCC)c3)c3n(c2c2ccccc12)CCc1cc(OCC)c(OCC)cc1-3. The van der Waals surface area contributed by atoms with Crippen LogP contribution in [0.15, 0.2) is 60.7 Å². The molecule has 4 aromatic carbocycles. The molecule has 6 heteroatoms. The predicted octanol–water partition coefficient (Wildman–Crippen LogP) is 9.46. The van der Waals surface area contributed by atoms with E-state index in [0.29, 0.717) is 33.0 Å². The molecule has 0 atom stereocenters. The van der Waals surface area contributed by atoms with Gasteiger partial charge < -0.3 is 28.3 Å². The molecule has 44 heavy (non-hydrogen) atoms. The van der Waals surface area contributed by atoms with Gasteiger partial charge in [-0.25, -0.2) is 0 Å². The van der Waals surface area contributed by atoms with E-state index in [1.54, 1.807) is 0 Å². The highest BCUT2D eigenvalue weighted by molar-refractivity contribution is 6.17. The number of fused-ring (bicyclic) bond motifs is 7. The summed E-state index contributed by atoms with van der Waals surface area (Å²) in [5, 5.41) is 3.49. The van der Waals surface area contributed by atoms with E-state index >= 15 is 0 Å². The van der Waals surface area contributed by atoms with E-state index in [0.717, 1.165) is 76.5 Å². The van der Waals surface area contributed by atoms with Gasteiger partial charge >= 0.3 is 0 Å². The van der Waals surface area contributed by atoms with Gasteiger partial charge in [0.1, 0.15) is 5.75 Å². The molecule has 0 fully saturated rings. The van der Waals surface area contributed by atoms with Crippen LogP contribution in [0.4, 0.5) is 0 Å². The summed E-state index contributed by atoms with van der Waals surface area (Å²) in [5.74, 6) is 4.00. The lowest BCUT2D eigenvalue weighted by atomic mass is 9.92. The van der Waals surface area contributed by atoms with Crippen LogP contribution in [-0.2, 0) is 13.0 Å². The second-order valence-electron chi connectivity index (χ2n) is 11.0. The molecule has 1 aliphatic heterocycles. The van der Waals surface area contributed by atoms with Crippen molar-refractivity contribution in [2.24, 2.45) is 0 Å². The lowest BCUT2D eigenvalue weighted by molar-refractivity contribution is 0.287. The summed E-state index contributed by atoms with van der Waals surface area (Å²) in [5.41, 5.74) is 7.05. The fourth-order valence-electron chi connectivity index (χ4n) is 6.43. The number of benzene rings is 4. The quantitative estimate of drug-likeness (QED) is 0.127. The van der Waals surface area contributed by atoms with E-state index in [-0.39, 0.29) is 0 Å². The Hall–Kier alpha value is -4.32. The number of hydrogen-bond acceptors (Lipinski definition) is 5. The molecule has 0 saturated carbocycles. The Morgan fingerprint density at radius 3 is 1.98 bits per heavy atom. The second kappa shape index (κ2) is 13.1. The van der Waals surface area contributed by atoms with Crippen LogP contribution in [-0.4, -0.2) is 37.6 Å². The molecular formula is C38H43NO5. The summed E-state index contributed by atoms with van der Waals surface area (Å²) in [6.07, 6.45) is 2.99. The van der Waals surface area contributed by atoms with Crippen molar-refractivity contribution in [2.75, 3.05) is 33.0 Å². The van der Waals surface area contributed by atoms with E-state index in [4.69, 9.17) is 23.7 Å². The smallest absolute Gasteiger partial charge is 0.161 e. The summed E-state index contributed by atoms with van der Waals surface area (Å²) >= 11 is 0. The number of hydrogen-bond donors (Lipinski definition) is 0. The normalized spacial score (nSPS) is 12.2. The number of ether oxygens (including phenoxy) is 5. The van der Waals surface area contributed by atoms with Crippen LogP contribution in [0.1, 0.15) is 53.0 Å². The average molecular weight is 594 g/mol. The Bertz CT molecular complexity index is 1790. The first-order valence-electron chi connectivity index (χ1n) is 16.2. The molecule has 0 radical (unpaired) electrons. The van der Waals surface area contributed by atoms with Crippen LogP contribution in [0.25, 0.3) is 44.1 Å². The molecule has 0 unspecified atom stereocenters. The maximum Gasteiger partial charge on any atom is 0.161 e. The van der Waals surface area contributed by atoms with E-state index in [9.17, 15) is 0 Å². The molecule has 5 aromatic rings. The van der Waals surface area contributed by atoms with Gasteiger partial charge in [0, 0.05) is 33.8 Å². The van der Waals surface area contributed by atoms with Crippen LogP contribution < -0.4 is 23.7 Å². The maximum atomic E-state index is 6.48. The molecule has 0 aliphatic carbocycles. The van der Waals surface area contributed by atoms with Crippen molar-refractivity contribution in [1.82, 2.24) is 4.57 Å². The molecule has 230 valence electrons. The molecule has 2 heterocycles. The number of rotatable bonds is 13. The lowest BCUT2D eigenvalue weighted by Crippen LogP contribution is -2.12. The predicted molar refractivity (Wildman–Crippen MR) is 179 cm³/mol. The summed E-state index contributed by atoms with van der Waals surface area (Å²) in [7, 11) is 0. The Morgan fingerprint density at radius 1 is 0.614 bits per heavy atom. The number of aryl methyl sites for hydroxylation is 2. The minimum atomic E-state index is 0.555. The van der Waals surface area contributed by atoms with Gasteiger partial charge in [0.15, 0.2) is 23.0 Å². The van der Waals surface area contributed by atoms with Crippen molar-refractivity contribution in [2.45, 2.75) is 60.4 Å². The maximum absolute atomic E-state index is 6.48. The van der Waals surface area contributed by atoms with E-state index in [1.807, 2.05) is 33.8 Å². The third-order valence-electron chi connectivity index (χ3n) is 8.24. The van der Waals surface area contributed by atoms with Gasteiger partial charge in [-0.3, -0.25) is 0 Å². The van der Waals surface area contributed by atoms with E-state index in [1.165, 1.54) is 27.7 Å². The van der Waals surface area contributed by atoms with Crippen molar-refractivity contribution in [1.29, 1.82) is 0 Å². The van der Waals surface area contributed by atoms with Crippen molar-refractivity contribution >= 4 is 21.7 Å². The van der Waals surface area contributed by atoms with Crippen LogP contribution in [0.2, 0.25) is 0 Å². The first-order chi connectivity index (χ1) is 21.6. The lowest BCUT2D eigenvalue weighted by Gasteiger charge is -2.24. The van der Waals surface area contributed by atoms with Crippen LogP contribution in [0.3, 0.4) is 0 Å². The zero-order valence-corrected chi connectivity index (χ0v) is 26.6. The summed E-state index contributed by atoms with van der Waals surface area (Å²) in [6, 6.07) is 21.6. The molecular weight excluding hydrogens is 550 g/mol. The van der Waals surface area contributed by atoms with E-state index < -0.39 is 0 Å². The fourth-order valence-corrected chi connectivity index (χ4v) is 6.43. The summed E-state index contributed by atoms with van der Waals surface area (Å²) in [4.78, 5) is 0. The highest BCUT2D eigenvalue weighted by atomic mass is 16.5. The van der Waals surface area contributed by atoms with Gasteiger partial charge in [0.2, 0.25) is 0 Å². The Kier molecular flexibility index (Phi) is 8.87. The minimum absolute atomic E-state index is 0.555. The minimum Gasteiger partial charge on any atom is -0.493 e. The molecule has 0 spiro atoms. The average Bonchev–Trinajstić information content (AvgIpc) is 3.37. The fraction of sp³-hybridized carbons (Fsp3) is 0.368. The van der Waals surface area contributed by atoms with Gasteiger partial charge in [-0.1, -0.05) is 43.7 Å². The monoisotopic (exact) mass is 593 g/mol. The first kappa shape index (κ1) is 29.7. The van der Waals surface area contributed by atoms with Crippen LogP contribution >= 0.6 is 0 Å². The van der Waals surface area contributed by atoms with Crippen molar-refractivity contribution in [3.05, 3.63) is 66.2 Å². The molecule has 6 rings (SSSR count). The highest BCUT2D eigenvalue weighted by Gasteiger charge is 2.29. The summed E-state index contributed by atoms with van der Waals surface area (Å²) in [6.45, 7) is 14.0. The van der Waals surface area contributed by atoms with Gasteiger partial charge in [0.05, 0.1) is 44.2 Å². The number of aromatic nitrogens is 1. The zero-order chi connectivity index (χ0) is 30.6. The van der Waals surface area contributed by atoms with Gasteiger partial charge in [-0.15, -0.1) is 0 Å². The van der Waals surface area contributed by atoms with Gasteiger partial charge in [-0.05, 0) is 82.0 Å². The number of nitrogens with zero attached hydrogens (tertiary/aromatic N) is 1. The Balaban J connectivity index is 1.70. The molecule has 0 amide bonds. The van der Waals surface area contributed by atoms with Crippen LogP contribution in [0.5, 0.6) is 28.7 Å². The van der Waals surface area contributed by atoms with Gasteiger partial charge in [0.25, 0.3) is 0 Å². The highest BCUT2D eigenvalue weighted by Crippen LogP contribution is 2.51.